The van der Waals surface area contributed by atoms with Crippen LogP contribution >= 0.6 is 0 Å². The lowest BCUT2D eigenvalue weighted by Gasteiger charge is -2.30. The first-order valence-corrected chi connectivity index (χ1v) is 12.1. The number of imidazole rings is 1. The van der Waals surface area contributed by atoms with E-state index in [9.17, 15) is 18.7 Å². The third kappa shape index (κ3) is 5.03. The van der Waals surface area contributed by atoms with E-state index in [-0.39, 0.29) is 11.7 Å². The Labute approximate surface area is 206 Å². The highest BCUT2D eigenvalue weighted by Crippen LogP contribution is 2.30. The summed E-state index contributed by atoms with van der Waals surface area (Å²) in [6.45, 7) is 5.81. The van der Waals surface area contributed by atoms with Crippen molar-refractivity contribution in [3.63, 3.8) is 0 Å². The van der Waals surface area contributed by atoms with E-state index in [1.807, 2.05) is 19.1 Å². The molecule has 1 amide bonds. The summed E-state index contributed by atoms with van der Waals surface area (Å²) >= 11 is 0. The maximum absolute atomic E-state index is 14.1. The number of hydrogen-bond acceptors (Lipinski definition) is 7. The molecule has 0 radical (unpaired) electrons. The molecule has 1 aromatic carbocycles. The molecule has 10 nitrogen and oxygen atoms in total. The molecular formula is C24H29F2N7O3. The predicted molar refractivity (Wildman–Crippen MR) is 130 cm³/mol. The second-order valence-electron chi connectivity index (χ2n) is 9.20. The molecule has 0 aliphatic carbocycles. The number of piperidine rings is 1. The van der Waals surface area contributed by atoms with Gasteiger partial charge in [-0.2, -0.15) is 9.97 Å². The fraction of sp³-hybridized carbons (Fsp3) is 0.500. The minimum absolute atomic E-state index is 0.257. The van der Waals surface area contributed by atoms with Crippen LogP contribution in [0.4, 0.5) is 25.3 Å². The molecule has 5 rings (SSSR count). The standard InChI is InChI=1S/C24H29F2N7O3/c1-15-2-3-17-18(12-15)33(22(28-17)21(25)26)20-13-19(31-8-10-36-11-9-31)29-23(30-20)27-14-16-4-6-32(7-5-16)24(34)35/h2-3,12-13,16,21H,4-11,14H2,1H3,(H,34,35)(H,27,29,30). The Hall–Kier alpha value is -3.54. The van der Waals surface area contributed by atoms with E-state index in [0.717, 1.165) is 18.4 Å². The van der Waals surface area contributed by atoms with Crippen molar-refractivity contribution in [1.29, 1.82) is 0 Å². The van der Waals surface area contributed by atoms with Crippen LogP contribution in [0.1, 0.15) is 30.7 Å². The quantitative estimate of drug-likeness (QED) is 0.526. The number of aryl methyl sites for hydroxylation is 1. The number of benzene rings is 1. The van der Waals surface area contributed by atoms with Crippen LogP contribution in [0.15, 0.2) is 24.3 Å². The van der Waals surface area contributed by atoms with Gasteiger partial charge in [-0.25, -0.2) is 18.6 Å². The first-order valence-electron chi connectivity index (χ1n) is 12.1. The van der Waals surface area contributed by atoms with Gasteiger partial charge in [-0.15, -0.1) is 0 Å². The van der Waals surface area contributed by atoms with Crippen molar-refractivity contribution in [3.8, 4) is 5.82 Å². The molecule has 4 heterocycles. The van der Waals surface area contributed by atoms with Gasteiger partial charge in [0, 0.05) is 38.8 Å². The van der Waals surface area contributed by atoms with Crippen molar-refractivity contribution in [1.82, 2.24) is 24.4 Å². The van der Waals surface area contributed by atoms with Crippen molar-refractivity contribution in [2.75, 3.05) is 56.2 Å². The van der Waals surface area contributed by atoms with Gasteiger partial charge in [0.15, 0.2) is 5.82 Å². The summed E-state index contributed by atoms with van der Waals surface area (Å²) in [5, 5.41) is 12.5. The topological polar surface area (TPSA) is 109 Å². The molecule has 3 aromatic rings. The smallest absolute Gasteiger partial charge is 0.407 e. The van der Waals surface area contributed by atoms with Crippen molar-refractivity contribution in [2.45, 2.75) is 26.2 Å². The van der Waals surface area contributed by atoms with E-state index >= 15 is 0 Å². The van der Waals surface area contributed by atoms with Gasteiger partial charge in [0.2, 0.25) is 5.95 Å². The third-order valence-electron chi connectivity index (χ3n) is 6.73. The number of nitrogens with one attached hydrogen (secondary N) is 1. The lowest BCUT2D eigenvalue weighted by Crippen LogP contribution is -2.39. The number of amides is 1. The molecule has 0 bridgehead atoms. The van der Waals surface area contributed by atoms with Crippen LogP contribution in [0, 0.1) is 12.8 Å². The van der Waals surface area contributed by atoms with Crippen LogP contribution in [0.5, 0.6) is 0 Å². The largest absolute Gasteiger partial charge is 0.465 e. The van der Waals surface area contributed by atoms with Crippen LogP contribution in [0.2, 0.25) is 0 Å². The highest BCUT2D eigenvalue weighted by Gasteiger charge is 2.25. The van der Waals surface area contributed by atoms with E-state index in [2.05, 4.69) is 25.2 Å². The minimum Gasteiger partial charge on any atom is -0.465 e. The first-order chi connectivity index (χ1) is 17.4. The summed E-state index contributed by atoms with van der Waals surface area (Å²) in [7, 11) is 0. The molecule has 2 N–H and O–H groups in total. The number of likely N-dealkylation sites (tertiary alicyclic amines) is 1. The van der Waals surface area contributed by atoms with Gasteiger partial charge in [0.25, 0.3) is 6.43 Å². The number of halogens is 2. The fourth-order valence-corrected chi connectivity index (χ4v) is 4.73. The summed E-state index contributed by atoms with van der Waals surface area (Å²) in [5.74, 6) is 1.17. The molecule has 12 heteroatoms. The molecule has 2 aliphatic rings. The lowest BCUT2D eigenvalue weighted by molar-refractivity contribution is 0.122. The Balaban J connectivity index is 1.49. The van der Waals surface area contributed by atoms with Crippen LogP contribution in [-0.4, -0.2) is 81.6 Å². The second kappa shape index (κ2) is 10.2. The molecule has 36 heavy (non-hydrogen) atoms. The van der Waals surface area contributed by atoms with Crippen LogP contribution in [0.25, 0.3) is 16.9 Å². The van der Waals surface area contributed by atoms with E-state index in [4.69, 9.17) is 4.74 Å². The number of alkyl halides is 2. The number of morpholine rings is 1. The number of nitrogens with zero attached hydrogens (tertiary/aromatic N) is 6. The Bertz CT molecular complexity index is 1240. The van der Waals surface area contributed by atoms with E-state index in [1.165, 1.54) is 9.47 Å². The van der Waals surface area contributed by atoms with E-state index in [0.29, 0.717) is 74.6 Å². The number of fused-ring (bicyclic) bond motifs is 1. The number of carbonyl (C=O) groups is 1. The summed E-state index contributed by atoms with van der Waals surface area (Å²) < 4.78 is 35.0. The maximum atomic E-state index is 14.1. The highest BCUT2D eigenvalue weighted by molar-refractivity contribution is 5.79. The third-order valence-corrected chi connectivity index (χ3v) is 6.73. The lowest BCUT2D eigenvalue weighted by atomic mass is 9.97. The molecule has 192 valence electrons. The van der Waals surface area contributed by atoms with Crippen molar-refractivity contribution < 1.29 is 23.4 Å². The number of carboxylic acid groups (broad SMARTS) is 1. The van der Waals surface area contributed by atoms with E-state index < -0.39 is 12.5 Å². The molecule has 0 saturated carbocycles. The summed E-state index contributed by atoms with van der Waals surface area (Å²) in [6.07, 6.45) is -2.22. The molecule has 2 fully saturated rings. The highest BCUT2D eigenvalue weighted by atomic mass is 19.3. The molecule has 0 spiro atoms. The molecule has 0 unspecified atom stereocenters. The van der Waals surface area contributed by atoms with Crippen LogP contribution in [-0.2, 0) is 4.74 Å². The average molecular weight is 502 g/mol. The molecule has 0 atom stereocenters. The second-order valence-corrected chi connectivity index (χ2v) is 9.20. The number of anilines is 2. The predicted octanol–water partition coefficient (Wildman–Crippen LogP) is 3.70. The normalized spacial score (nSPS) is 17.2. The number of aromatic nitrogens is 4. The summed E-state index contributed by atoms with van der Waals surface area (Å²) in [5.41, 5.74) is 1.96. The van der Waals surface area contributed by atoms with Crippen molar-refractivity contribution in [3.05, 3.63) is 35.7 Å². The zero-order valence-electron chi connectivity index (χ0n) is 20.0. The Morgan fingerprint density at radius 3 is 2.53 bits per heavy atom. The van der Waals surface area contributed by atoms with Gasteiger partial charge in [-0.1, -0.05) is 6.07 Å². The Kier molecular flexibility index (Phi) is 6.86. The molecule has 2 aromatic heterocycles. The number of rotatable bonds is 6. The van der Waals surface area contributed by atoms with Gasteiger partial charge < -0.3 is 25.0 Å². The van der Waals surface area contributed by atoms with E-state index in [1.54, 1.807) is 12.1 Å². The van der Waals surface area contributed by atoms with Crippen molar-refractivity contribution >= 4 is 28.9 Å². The summed E-state index contributed by atoms with van der Waals surface area (Å²) in [4.78, 5) is 28.2. The zero-order valence-corrected chi connectivity index (χ0v) is 20.0. The van der Waals surface area contributed by atoms with Gasteiger partial charge in [0.1, 0.15) is 11.6 Å². The molecule has 2 saturated heterocycles. The summed E-state index contributed by atoms with van der Waals surface area (Å²) in [6, 6.07) is 7.13. The van der Waals surface area contributed by atoms with Gasteiger partial charge in [0.05, 0.1) is 24.2 Å². The Morgan fingerprint density at radius 2 is 1.83 bits per heavy atom. The molecular weight excluding hydrogens is 472 g/mol. The van der Waals surface area contributed by atoms with Gasteiger partial charge in [-0.05, 0) is 43.4 Å². The average Bonchev–Trinajstić information content (AvgIpc) is 3.27. The maximum Gasteiger partial charge on any atom is 0.407 e. The Morgan fingerprint density at radius 1 is 1.11 bits per heavy atom. The SMILES string of the molecule is Cc1ccc2nc(C(F)F)n(-c3cc(N4CCOCC4)nc(NCC4CCN(C(=O)O)CC4)n3)c2c1. The first kappa shape index (κ1) is 24.2. The number of ether oxygens (including phenoxy) is 1. The zero-order chi connectivity index (χ0) is 25.2. The number of hydrogen-bond donors (Lipinski definition) is 2. The van der Waals surface area contributed by atoms with Gasteiger partial charge in [-0.3, -0.25) is 4.57 Å². The van der Waals surface area contributed by atoms with Crippen LogP contribution < -0.4 is 10.2 Å². The van der Waals surface area contributed by atoms with Crippen molar-refractivity contribution in [2.24, 2.45) is 5.92 Å². The monoisotopic (exact) mass is 501 g/mol. The fourth-order valence-electron chi connectivity index (χ4n) is 4.73. The minimum atomic E-state index is -2.78. The molecule has 2 aliphatic heterocycles. The van der Waals surface area contributed by atoms with Crippen LogP contribution in [0.3, 0.4) is 0 Å². The van der Waals surface area contributed by atoms with Gasteiger partial charge >= 0.3 is 6.09 Å².